The van der Waals surface area contributed by atoms with Crippen LogP contribution >= 0.6 is 57.9 Å². The molecule has 3 aromatic rings. The number of aryl methyl sites for hydroxylation is 1. The number of morpholine rings is 1. The van der Waals surface area contributed by atoms with Gasteiger partial charge in [-0.1, -0.05) is 41.1 Å². The lowest BCUT2D eigenvalue weighted by Gasteiger charge is -2.27. The van der Waals surface area contributed by atoms with Crippen molar-refractivity contribution in [3.63, 3.8) is 0 Å². The van der Waals surface area contributed by atoms with E-state index in [1.807, 2.05) is 48.2 Å². The Balaban J connectivity index is 0.00000272. The lowest BCUT2D eigenvalue weighted by atomic mass is 10.2. The number of carbonyl (C=O) groups is 1. The molecule has 0 atom stereocenters. The number of aromatic nitrogens is 1. The molecule has 0 radical (unpaired) electrons. The second-order valence-corrected chi connectivity index (χ2v) is 9.83. The number of hydrogen-bond acceptors (Lipinski definition) is 5. The van der Waals surface area contributed by atoms with Gasteiger partial charge in [0.1, 0.15) is 0 Å². The van der Waals surface area contributed by atoms with Gasteiger partial charge in [-0.2, -0.15) is 0 Å². The molecular formula is C22H24Cl2IN3O2S. The zero-order valence-electron chi connectivity index (χ0n) is 17.1. The number of halogens is 3. The quantitative estimate of drug-likeness (QED) is 0.347. The predicted molar refractivity (Wildman–Crippen MR) is 139 cm³/mol. The molecule has 9 heteroatoms. The van der Waals surface area contributed by atoms with Crippen molar-refractivity contribution in [3.05, 3.63) is 56.1 Å². The summed E-state index contributed by atoms with van der Waals surface area (Å²) in [5, 5.41) is 1.38. The highest BCUT2D eigenvalue weighted by molar-refractivity contribution is 14.1. The summed E-state index contributed by atoms with van der Waals surface area (Å²) in [7, 11) is 0. The largest absolute Gasteiger partial charge is 0.379 e. The normalized spacial score (nSPS) is 14.4. The van der Waals surface area contributed by atoms with E-state index in [1.54, 1.807) is 0 Å². The minimum Gasteiger partial charge on any atom is -0.379 e. The van der Waals surface area contributed by atoms with E-state index in [1.165, 1.54) is 11.3 Å². The standard InChI is InChI=1S/C22H23ClIN3O2S.ClH/c1-15-7-8-17(23)20-19(15)25-22(30-20)27(10-4-9-26-11-13-29-14-12-26)21(28)16-5-2-3-6-18(16)24;/h2-3,5-8H,4,9-14H2,1H3;1H. The van der Waals surface area contributed by atoms with Crippen LogP contribution in [-0.2, 0) is 4.74 Å². The third-order valence-electron chi connectivity index (χ3n) is 5.23. The second-order valence-electron chi connectivity index (χ2n) is 7.28. The van der Waals surface area contributed by atoms with Gasteiger partial charge in [0.05, 0.1) is 34.0 Å². The topological polar surface area (TPSA) is 45.7 Å². The van der Waals surface area contributed by atoms with Crippen LogP contribution in [0.4, 0.5) is 5.13 Å². The van der Waals surface area contributed by atoms with E-state index in [4.69, 9.17) is 21.3 Å². The van der Waals surface area contributed by atoms with Crippen LogP contribution in [-0.4, -0.2) is 55.2 Å². The Morgan fingerprint density at radius 2 is 2.00 bits per heavy atom. The second kappa shape index (κ2) is 11.2. The van der Waals surface area contributed by atoms with Gasteiger partial charge in [-0.3, -0.25) is 14.6 Å². The molecule has 1 aromatic heterocycles. The summed E-state index contributed by atoms with van der Waals surface area (Å²) in [4.78, 5) is 22.5. The van der Waals surface area contributed by atoms with Crippen molar-refractivity contribution in [2.75, 3.05) is 44.3 Å². The van der Waals surface area contributed by atoms with Crippen LogP contribution < -0.4 is 4.90 Å². The van der Waals surface area contributed by atoms with E-state index in [2.05, 4.69) is 27.5 Å². The Labute approximate surface area is 211 Å². The number of anilines is 1. The summed E-state index contributed by atoms with van der Waals surface area (Å²) in [5.74, 6) is -0.0187. The highest BCUT2D eigenvalue weighted by atomic mass is 127. The van der Waals surface area contributed by atoms with Crippen molar-refractivity contribution >= 4 is 79.2 Å². The van der Waals surface area contributed by atoms with Gasteiger partial charge in [0.25, 0.3) is 5.91 Å². The minimum atomic E-state index is -0.0187. The molecule has 2 heterocycles. The summed E-state index contributed by atoms with van der Waals surface area (Å²) in [5.41, 5.74) is 2.63. The van der Waals surface area contributed by atoms with Crippen LogP contribution in [0.5, 0.6) is 0 Å². The molecule has 1 aliphatic heterocycles. The first kappa shape index (κ1) is 24.7. The summed E-state index contributed by atoms with van der Waals surface area (Å²) in [6.07, 6.45) is 0.873. The number of nitrogens with zero attached hydrogens (tertiary/aromatic N) is 3. The van der Waals surface area contributed by atoms with Gasteiger partial charge in [0, 0.05) is 29.7 Å². The molecule has 0 bridgehead atoms. The van der Waals surface area contributed by atoms with Crippen LogP contribution in [0, 0.1) is 10.5 Å². The van der Waals surface area contributed by atoms with E-state index >= 15 is 0 Å². The van der Waals surface area contributed by atoms with Gasteiger partial charge >= 0.3 is 0 Å². The number of fused-ring (bicyclic) bond motifs is 1. The lowest BCUT2D eigenvalue weighted by Crippen LogP contribution is -2.39. The Morgan fingerprint density at radius 3 is 2.71 bits per heavy atom. The Hall–Kier alpha value is -0.970. The Bertz CT molecular complexity index is 1020. The molecule has 5 nitrogen and oxygen atoms in total. The molecule has 0 spiro atoms. The summed E-state index contributed by atoms with van der Waals surface area (Å²) in [6.45, 7) is 7.01. The lowest BCUT2D eigenvalue weighted by molar-refractivity contribution is 0.0376. The van der Waals surface area contributed by atoms with Gasteiger partial charge in [0.15, 0.2) is 5.13 Å². The zero-order chi connectivity index (χ0) is 21.1. The Kier molecular flexibility index (Phi) is 8.95. The number of ether oxygens (including phenoxy) is 1. The fourth-order valence-corrected chi connectivity index (χ4v) is 5.51. The van der Waals surface area contributed by atoms with E-state index < -0.39 is 0 Å². The third kappa shape index (κ3) is 5.69. The number of thiazole rings is 1. The van der Waals surface area contributed by atoms with Crippen LogP contribution in [0.25, 0.3) is 10.2 Å². The molecule has 166 valence electrons. The number of amides is 1. The maximum absolute atomic E-state index is 13.5. The molecular weight excluding hydrogens is 568 g/mol. The van der Waals surface area contributed by atoms with E-state index in [0.29, 0.717) is 22.3 Å². The molecule has 1 fully saturated rings. The highest BCUT2D eigenvalue weighted by Crippen LogP contribution is 2.36. The average Bonchev–Trinajstić information content (AvgIpc) is 3.21. The Morgan fingerprint density at radius 1 is 1.26 bits per heavy atom. The molecule has 2 aromatic carbocycles. The smallest absolute Gasteiger partial charge is 0.261 e. The maximum atomic E-state index is 13.5. The molecule has 0 aliphatic carbocycles. The third-order valence-corrected chi connectivity index (χ3v) is 7.71. The average molecular weight is 592 g/mol. The first-order valence-electron chi connectivity index (χ1n) is 9.97. The van der Waals surface area contributed by atoms with Crippen molar-refractivity contribution in [2.45, 2.75) is 13.3 Å². The van der Waals surface area contributed by atoms with Crippen molar-refractivity contribution in [1.82, 2.24) is 9.88 Å². The van der Waals surface area contributed by atoms with Gasteiger partial charge in [0.2, 0.25) is 0 Å². The van der Waals surface area contributed by atoms with Crippen LogP contribution in [0.15, 0.2) is 36.4 Å². The molecule has 4 rings (SSSR count). The summed E-state index contributed by atoms with van der Waals surface area (Å²) in [6, 6.07) is 11.6. The van der Waals surface area contributed by atoms with E-state index in [0.717, 1.165) is 58.6 Å². The van der Waals surface area contributed by atoms with Crippen LogP contribution in [0.3, 0.4) is 0 Å². The first-order chi connectivity index (χ1) is 14.5. The molecule has 0 saturated carbocycles. The molecule has 1 saturated heterocycles. The SMILES string of the molecule is Cc1ccc(Cl)c2sc(N(CCCN3CCOCC3)C(=O)c3ccccc3I)nc12.Cl. The number of hydrogen-bond donors (Lipinski definition) is 0. The minimum absolute atomic E-state index is 0. The summed E-state index contributed by atoms with van der Waals surface area (Å²) < 4.78 is 7.30. The van der Waals surface area contributed by atoms with E-state index in [9.17, 15) is 4.79 Å². The molecule has 31 heavy (non-hydrogen) atoms. The monoisotopic (exact) mass is 591 g/mol. The van der Waals surface area contributed by atoms with Crippen molar-refractivity contribution in [1.29, 1.82) is 0 Å². The first-order valence-corrected chi connectivity index (χ1v) is 12.2. The van der Waals surface area contributed by atoms with Crippen molar-refractivity contribution in [2.24, 2.45) is 0 Å². The number of rotatable bonds is 6. The molecule has 0 unspecified atom stereocenters. The highest BCUT2D eigenvalue weighted by Gasteiger charge is 2.24. The van der Waals surface area contributed by atoms with Gasteiger partial charge in [-0.25, -0.2) is 4.98 Å². The van der Waals surface area contributed by atoms with Gasteiger partial charge < -0.3 is 4.74 Å². The molecule has 1 aliphatic rings. The van der Waals surface area contributed by atoms with Gasteiger partial charge in [-0.05, 0) is 59.7 Å². The maximum Gasteiger partial charge on any atom is 0.261 e. The van der Waals surface area contributed by atoms with Crippen LogP contribution in [0.1, 0.15) is 22.3 Å². The van der Waals surface area contributed by atoms with Gasteiger partial charge in [-0.15, -0.1) is 12.4 Å². The number of carbonyl (C=O) groups excluding carboxylic acids is 1. The fourth-order valence-electron chi connectivity index (χ4n) is 3.55. The zero-order valence-corrected chi connectivity index (χ0v) is 21.7. The van der Waals surface area contributed by atoms with E-state index in [-0.39, 0.29) is 18.3 Å². The molecule has 1 amide bonds. The molecule has 0 N–H and O–H groups in total. The predicted octanol–water partition coefficient (Wildman–Crippen LogP) is 5.65. The van der Waals surface area contributed by atoms with Crippen molar-refractivity contribution < 1.29 is 9.53 Å². The van der Waals surface area contributed by atoms with Crippen LogP contribution in [0.2, 0.25) is 5.02 Å². The summed E-state index contributed by atoms with van der Waals surface area (Å²) >= 11 is 10.1. The fraction of sp³-hybridized carbons (Fsp3) is 0.364. The number of benzene rings is 2. The van der Waals surface area contributed by atoms with Crippen molar-refractivity contribution in [3.8, 4) is 0 Å².